The summed E-state index contributed by atoms with van der Waals surface area (Å²) in [5.41, 5.74) is 0.798. The molecule has 1 N–H and O–H groups in total. The van der Waals surface area contributed by atoms with Gasteiger partial charge in [-0.1, -0.05) is 19.8 Å². The number of hydrogen-bond acceptors (Lipinski definition) is 4. The average molecular weight is 308 g/mol. The topological polar surface area (TPSA) is 76.5 Å². The number of carbonyl (C=O) groups is 2. The molecule has 122 valence electrons. The van der Waals surface area contributed by atoms with E-state index in [2.05, 4.69) is 17.3 Å². The number of aryl methyl sites for hydroxylation is 1. The first-order chi connectivity index (χ1) is 10.5. The lowest BCUT2D eigenvalue weighted by atomic mass is 10.0. The zero-order chi connectivity index (χ0) is 16.1. The van der Waals surface area contributed by atoms with E-state index in [1.165, 1.54) is 0 Å². The molecule has 1 aliphatic heterocycles. The summed E-state index contributed by atoms with van der Waals surface area (Å²) in [6, 6.07) is -0.443. The molecule has 2 rings (SSSR count). The van der Waals surface area contributed by atoms with Gasteiger partial charge in [-0.05, 0) is 6.42 Å². The number of ether oxygens (including phenoxy) is 1. The minimum Gasteiger partial charge on any atom is -0.356 e. The molecule has 0 aliphatic carbocycles. The van der Waals surface area contributed by atoms with Crippen LogP contribution in [0.15, 0.2) is 12.4 Å². The molecule has 2 heterocycles. The fourth-order valence-electron chi connectivity index (χ4n) is 2.61. The number of rotatable bonds is 6. The number of aromatic nitrogens is 2. The molecule has 1 aromatic heterocycles. The summed E-state index contributed by atoms with van der Waals surface area (Å²) in [7, 11) is 3.49. The minimum atomic E-state index is -0.700. The third kappa shape index (κ3) is 3.65. The van der Waals surface area contributed by atoms with Crippen molar-refractivity contribution in [2.24, 2.45) is 7.05 Å². The minimum absolute atomic E-state index is 0.0691. The van der Waals surface area contributed by atoms with Crippen LogP contribution in [-0.4, -0.2) is 52.8 Å². The molecule has 2 amide bonds. The van der Waals surface area contributed by atoms with Crippen molar-refractivity contribution >= 4 is 11.8 Å². The maximum atomic E-state index is 12.4. The molecule has 0 bridgehead atoms. The van der Waals surface area contributed by atoms with E-state index in [1.807, 2.05) is 0 Å². The number of carbonyl (C=O) groups excluding carboxylic acids is 2. The molecule has 22 heavy (non-hydrogen) atoms. The van der Waals surface area contributed by atoms with Crippen molar-refractivity contribution in [3.05, 3.63) is 18.0 Å². The Morgan fingerprint density at radius 2 is 2.23 bits per heavy atom. The lowest BCUT2D eigenvalue weighted by Crippen LogP contribution is -2.53. The lowest BCUT2D eigenvalue weighted by molar-refractivity contribution is -0.162. The average Bonchev–Trinajstić information content (AvgIpc) is 2.92. The maximum Gasteiger partial charge on any atom is 0.251 e. The molecule has 7 nitrogen and oxygen atoms in total. The van der Waals surface area contributed by atoms with Crippen molar-refractivity contribution in [3.8, 4) is 0 Å². The van der Waals surface area contributed by atoms with E-state index in [4.69, 9.17) is 4.74 Å². The molecule has 1 aliphatic rings. The largest absolute Gasteiger partial charge is 0.356 e. The molecule has 2 atom stereocenters. The van der Waals surface area contributed by atoms with E-state index in [-0.39, 0.29) is 18.4 Å². The summed E-state index contributed by atoms with van der Waals surface area (Å²) < 4.78 is 7.17. The molecule has 1 saturated heterocycles. The highest BCUT2D eigenvalue weighted by Gasteiger charge is 2.40. The number of amides is 2. The number of hydrogen-bond donors (Lipinski definition) is 1. The van der Waals surface area contributed by atoms with Crippen LogP contribution in [0.3, 0.4) is 0 Å². The van der Waals surface area contributed by atoms with Gasteiger partial charge in [0.05, 0.1) is 12.2 Å². The van der Waals surface area contributed by atoms with Crippen molar-refractivity contribution in [2.45, 2.75) is 38.3 Å². The normalized spacial score (nSPS) is 22.0. The second kappa shape index (κ2) is 7.40. The molecule has 7 heteroatoms. The standard InChI is InChI=1S/C15H24N4O3/c1-4-5-6-7-16-15(21)14-13(11-8-17-18(2)9-11)19(3)12(20)10-22-14/h8-9,13-14H,4-7,10H2,1-3H3,(H,16,21)/t13-,14-/m1/s1. The summed E-state index contributed by atoms with van der Waals surface area (Å²) >= 11 is 0. The first-order valence-electron chi connectivity index (χ1n) is 7.68. The van der Waals surface area contributed by atoms with E-state index in [9.17, 15) is 9.59 Å². The van der Waals surface area contributed by atoms with Crippen molar-refractivity contribution < 1.29 is 14.3 Å². The van der Waals surface area contributed by atoms with Crippen LogP contribution in [0.25, 0.3) is 0 Å². The zero-order valence-corrected chi connectivity index (χ0v) is 13.4. The second-order valence-electron chi connectivity index (χ2n) is 5.63. The van der Waals surface area contributed by atoms with Gasteiger partial charge in [0.25, 0.3) is 5.91 Å². The molecular weight excluding hydrogens is 284 g/mol. The summed E-state index contributed by atoms with van der Waals surface area (Å²) in [4.78, 5) is 25.9. The maximum absolute atomic E-state index is 12.4. The highest BCUT2D eigenvalue weighted by Crippen LogP contribution is 2.28. The lowest BCUT2D eigenvalue weighted by Gasteiger charge is -2.37. The van der Waals surface area contributed by atoms with Crippen LogP contribution in [0.5, 0.6) is 0 Å². The molecular formula is C15H24N4O3. The van der Waals surface area contributed by atoms with Gasteiger partial charge < -0.3 is 15.0 Å². The Morgan fingerprint density at radius 1 is 1.45 bits per heavy atom. The molecule has 0 radical (unpaired) electrons. The van der Waals surface area contributed by atoms with E-state index in [0.717, 1.165) is 24.8 Å². The molecule has 0 saturated carbocycles. The predicted molar refractivity (Wildman–Crippen MR) is 81.0 cm³/mol. The Hall–Kier alpha value is -1.89. The fourth-order valence-corrected chi connectivity index (χ4v) is 2.61. The number of unbranched alkanes of at least 4 members (excludes halogenated alkanes) is 2. The van der Waals surface area contributed by atoms with E-state index in [1.54, 1.807) is 36.1 Å². The summed E-state index contributed by atoms with van der Waals surface area (Å²) in [6.45, 7) is 2.68. The summed E-state index contributed by atoms with van der Waals surface area (Å²) in [5.74, 6) is -0.312. The Labute approximate surface area is 130 Å². The van der Waals surface area contributed by atoms with Crippen LogP contribution in [0.2, 0.25) is 0 Å². The van der Waals surface area contributed by atoms with Gasteiger partial charge in [-0.3, -0.25) is 14.3 Å². The highest BCUT2D eigenvalue weighted by atomic mass is 16.5. The van der Waals surface area contributed by atoms with Crippen LogP contribution in [0, 0.1) is 0 Å². The van der Waals surface area contributed by atoms with Crippen LogP contribution >= 0.6 is 0 Å². The molecule has 0 aromatic carbocycles. The van der Waals surface area contributed by atoms with Crippen molar-refractivity contribution in [3.63, 3.8) is 0 Å². The smallest absolute Gasteiger partial charge is 0.251 e. The Bertz CT molecular complexity index is 529. The Morgan fingerprint density at radius 3 is 2.86 bits per heavy atom. The van der Waals surface area contributed by atoms with Gasteiger partial charge in [-0.25, -0.2) is 0 Å². The van der Waals surface area contributed by atoms with Crippen molar-refractivity contribution in [1.82, 2.24) is 20.0 Å². The number of likely N-dealkylation sites (N-methyl/N-ethyl adjacent to an activating group) is 1. The summed E-state index contributed by atoms with van der Waals surface area (Å²) in [6.07, 6.45) is 5.90. The molecule has 0 unspecified atom stereocenters. The number of nitrogens with one attached hydrogen (secondary N) is 1. The first kappa shape index (κ1) is 16.5. The quantitative estimate of drug-likeness (QED) is 0.782. The van der Waals surface area contributed by atoms with Crippen molar-refractivity contribution in [1.29, 1.82) is 0 Å². The van der Waals surface area contributed by atoms with Gasteiger partial charge in [0.2, 0.25) is 5.91 Å². The van der Waals surface area contributed by atoms with Gasteiger partial charge in [-0.2, -0.15) is 5.10 Å². The van der Waals surface area contributed by atoms with Gasteiger partial charge in [-0.15, -0.1) is 0 Å². The monoisotopic (exact) mass is 308 g/mol. The summed E-state index contributed by atoms with van der Waals surface area (Å²) in [5, 5.41) is 7.02. The number of morpholine rings is 1. The van der Waals surface area contributed by atoms with Crippen molar-refractivity contribution in [2.75, 3.05) is 20.2 Å². The second-order valence-corrected chi connectivity index (χ2v) is 5.63. The third-order valence-electron chi connectivity index (χ3n) is 3.89. The van der Waals surface area contributed by atoms with Gasteiger partial charge in [0, 0.05) is 32.4 Å². The molecule has 1 fully saturated rings. The van der Waals surface area contributed by atoms with E-state index >= 15 is 0 Å². The van der Waals surface area contributed by atoms with E-state index < -0.39 is 12.1 Å². The van der Waals surface area contributed by atoms with Crippen LogP contribution in [-0.2, 0) is 21.4 Å². The van der Waals surface area contributed by atoms with Crippen LogP contribution in [0.4, 0.5) is 0 Å². The van der Waals surface area contributed by atoms with Crippen LogP contribution < -0.4 is 5.32 Å². The Kier molecular flexibility index (Phi) is 5.54. The third-order valence-corrected chi connectivity index (χ3v) is 3.89. The molecule has 0 spiro atoms. The zero-order valence-electron chi connectivity index (χ0n) is 13.4. The fraction of sp³-hybridized carbons (Fsp3) is 0.667. The Balaban J connectivity index is 2.09. The van der Waals surface area contributed by atoms with E-state index in [0.29, 0.717) is 6.54 Å². The highest BCUT2D eigenvalue weighted by molar-refractivity contribution is 5.86. The predicted octanol–water partition coefficient (Wildman–Crippen LogP) is 0.625. The van der Waals surface area contributed by atoms with Gasteiger partial charge >= 0.3 is 0 Å². The van der Waals surface area contributed by atoms with Gasteiger partial charge in [0.1, 0.15) is 6.61 Å². The van der Waals surface area contributed by atoms with Crippen LogP contribution in [0.1, 0.15) is 37.8 Å². The molecule has 1 aromatic rings. The number of nitrogens with zero attached hydrogens (tertiary/aromatic N) is 3. The SMILES string of the molecule is CCCCCNC(=O)[C@@H]1OCC(=O)N(C)[C@@H]1c1cnn(C)c1. The van der Waals surface area contributed by atoms with Gasteiger partial charge in [0.15, 0.2) is 6.10 Å². The first-order valence-corrected chi connectivity index (χ1v) is 7.68.